The van der Waals surface area contributed by atoms with Crippen molar-refractivity contribution in [3.05, 3.63) is 131 Å². The molecule has 2 fully saturated rings. The molecule has 0 aliphatic carbocycles. The largest absolute Gasteiger partial charge is 0.481 e. The number of nitrogens with zero attached hydrogens (tertiary/aromatic N) is 2. The third-order valence-electron chi connectivity index (χ3n) is 9.49. The Morgan fingerprint density at radius 1 is 0.720 bits per heavy atom. The van der Waals surface area contributed by atoms with Crippen molar-refractivity contribution in [1.29, 1.82) is 0 Å². The van der Waals surface area contributed by atoms with Crippen LogP contribution in [-0.4, -0.2) is 70.7 Å². The third kappa shape index (κ3) is 10.1. The van der Waals surface area contributed by atoms with Crippen LogP contribution in [0.4, 0.5) is 0 Å². The van der Waals surface area contributed by atoms with Gasteiger partial charge < -0.3 is 25.0 Å². The maximum absolute atomic E-state index is 12.2. The number of carboxylic acids is 1. The fraction of sp³-hybridized carbons (Fsp3) is 0.366. The molecule has 2 aliphatic heterocycles. The summed E-state index contributed by atoms with van der Waals surface area (Å²) in [4.78, 5) is 28.0. The Kier molecular flexibility index (Phi) is 12.4. The van der Waals surface area contributed by atoms with Crippen LogP contribution >= 0.6 is 0 Å². The average Bonchev–Trinajstić information content (AvgIpc) is 3.15. The molecule has 9 heteroatoms. The molecule has 2 heterocycles. The summed E-state index contributed by atoms with van der Waals surface area (Å²) in [5.74, 6) is -1.05. The molecule has 2 aliphatic rings. The number of hydrogen-bond acceptors (Lipinski definition) is 7. The number of aliphatic hydroxyl groups excluding tert-OH is 1. The van der Waals surface area contributed by atoms with Crippen molar-refractivity contribution in [2.24, 2.45) is 0 Å². The number of aliphatic carboxylic acids is 1. The Hall–Kier alpha value is -4.38. The van der Waals surface area contributed by atoms with Gasteiger partial charge in [0.05, 0.1) is 18.8 Å². The summed E-state index contributed by atoms with van der Waals surface area (Å²) in [6.07, 6.45) is 0.498. The first kappa shape index (κ1) is 35.4. The van der Waals surface area contributed by atoms with E-state index in [-0.39, 0.29) is 37.6 Å². The molecule has 3 N–H and O–H groups in total. The van der Waals surface area contributed by atoms with Crippen molar-refractivity contribution in [3.8, 4) is 11.1 Å². The Morgan fingerprint density at radius 3 is 2.16 bits per heavy atom. The third-order valence-corrected chi connectivity index (χ3v) is 9.49. The van der Waals surface area contributed by atoms with E-state index < -0.39 is 12.3 Å². The molecular weight excluding hydrogens is 630 g/mol. The van der Waals surface area contributed by atoms with Crippen molar-refractivity contribution in [2.45, 2.75) is 63.9 Å². The molecule has 9 nitrogen and oxygen atoms in total. The molecule has 2 saturated heterocycles. The van der Waals surface area contributed by atoms with E-state index in [9.17, 15) is 14.7 Å². The van der Waals surface area contributed by atoms with E-state index in [0.717, 1.165) is 79.1 Å². The lowest BCUT2D eigenvalue weighted by atomic mass is 9.98. The van der Waals surface area contributed by atoms with Crippen molar-refractivity contribution >= 4 is 11.9 Å². The number of hydrogen-bond donors (Lipinski definition) is 3. The standard InChI is InChI=1S/C41H47N3O6/c45-29-31-15-17-33(18-16-31)38-25-37(28-44-21-19-43(20-22-44)27-30-7-2-1-3-8-30)49-41(50-38)36-12-5-11-35(24-36)34-10-4-9-32(23-34)26-42-39(46)13-6-14-40(47)48/h1-5,7-12,15-18,23-24,37-38,41,45H,6,13-14,19-22,25-29H2,(H,42,46)(H,47,48). The number of benzene rings is 4. The zero-order chi connectivity index (χ0) is 34.7. The van der Waals surface area contributed by atoms with Crippen LogP contribution in [0.1, 0.15) is 65.9 Å². The summed E-state index contributed by atoms with van der Waals surface area (Å²) in [5.41, 5.74) is 7.22. The highest BCUT2D eigenvalue weighted by Crippen LogP contribution is 2.39. The van der Waals surface area contributed by atoms with E-state index >= 15 is 0 Å². The van der Waals surface area contributed by atoms with Crippen molar-refractivity contribution in [1.82, 2.24) is 15.1 Å². The molecule has 6 rings (SSSR count). The van der Waals surface area contributed by atoms with Crippen LogP contribution in [0.3, 0.4) is 0 Å². The summed E-state index contributed by atoms with van der Waals surface area (Å²) >= 11 is 0. The number of ether oxygens (including phenoxy) is 2. The molecule has 0 radical (unpaired) electrons. The lowest BCUT2D eigenvalue weighted by Crippen LogP contribution is -2.49. The molecule has 50 heavy (non-hydrogen) atoms. The summed E-state index contributed by atoms with van der Waals surface area (Å²) < 4.78 is 13.4. The van der Waals surface area contributed by atoms with Crippen molar-refractivity contribution in [3.63, 3.8) is 0 Å². The van der Waals surface area contributed by atoms with E-state index in [1.54, 1.807) is 0 Å². The smallest absolute Gasteiger partial charge is 0.303 e. The van der Waals surface area contributed by atoms with Crippen molar-refractivity contribution < 1.29 is 29.3 Å². The van der Waals surface area contributed by atoms with Gasteiger partial charge in [-0.3, -0.25) is 19.4 Å². The number of carbonyl (C=O) groups excluding carboxylic acids is 1. The van der Waals surface area contributed by atoms with Gasteiger partial charge in [0.25, 0.3) is 0 Å². The van der Waals surface area contributed by atoms with Gasteiger partial charge in [-0.15, -0.1) is 0 Å². The van der Waals surface area contributed by atoms with Crippen molar-refractivity contribution in [2.75, 3.05) is 32.7 Å². The van der Waals surface area contributed by atoms with Crippen LogP contribution in [0.25, 0.3) is 11.1 Å². The van der Waals surface area contributed by atoms with Crippen LogP contribution in [0, 0.1) is 0 Å². The number of rotatable bonds is 14. The quantitative estimate of drug-likeness (QED) is 0.147. The number of carbonyl (C=O) groups is 2. The van der Waals surface area contributed by atoms with Gasteiger partial charge in [-0.1, -0.05) is 91.0 Å². The Labute approximate surface area is 294 Å². The minimum Gasteiger partial charge on any atom is -0.481 e. The summed E-state index contributed by atoms with van der Waals surface area (Å²) in [7, 11) is 0. The number of amides is 1. The molecule has 0 aromatic heterocycles. The lowest BCUT2D eigenvalue weighted by Gasteiger charge is -2.41. The predicted octanol–water partition coefficient (Wildman–Crippen LogP) is 6.08. The summed E-state index contributed by atoms with van der Waals surface area (Å²) in [5, 5.41) is 21.3. The SMILES string of the molecule is O=C(O)CCCC(=O)NCc1cccc(-c2cccc(C3OC(CN4CCN(Cc5ccccc5)CC4)CC(c4ccc(CO)cc4)O3)c2)c1. The van der Waals surface area contributed by atoms with Crippen LogP contribution in [0.5, 0.6) is 0 Å². The molecular formula is C41H47N3O6. The first-order valence-electron chi connectivity index (χ1n) is 17.6. The van der Waals surface area contributed by atoms with Crippen LogP contribution in [-0.2, 0) is 38.8 Å². The number of aliphatic hydroxyl groups is 1. The minimum absolute atomic E-state index is 0.00354. The molecule has 262 valence electrons. The van der Waals surface area contributed by atoms with E-state index in [1.807, 2.05) is 54.6 Å². The first-order chi connectivity index (χ1) is 24.4. The summed E-state index contributed by atoms with van der Waals surface area (Å²) in [6, 6.07) is 34.9. The maximum atomic E-state index is 12.2. The molecule has 0 bridgehead atoms. The highest BCUT2D eigenvalue weighted by atomic mass is 16.7. The zero-order valence-electron chi connectivity index (χ0n) is 28.5. The van der Waals surface area contributed by atoms with Gasteiger partial charge >= 0.3 is 5.97 Å². The van der Waals surface area contributed by atoms with Crippen LogP contribution in [0.2, 0.25) is 0 Å². The van der Waals surface area contributed by atoms with E-state index in [1.165, 1.54) is 5.56 Å². The van der Waals surface area contributed by atoms with E-state index in [2.05, 4.69) is 63.6 Å². The molecule has 0 spiro atoms. The average molecular weight is 678 g/mol. The minimum atomic E-state index is -0.896. The van der Waals surface area contributed by atoms with Gasteiger partial charge in [0.15, 0.2) is 6.29 Å². The van der Waals surface area contributed by atoms with Gasteiger partial charge in [-0.2, -0.15) is 0 Å². The Bertz CT molecular complexity index is 1690. The topological polar surface area (TPSA) is 112 Å². The lowest BCUT2D eigenvalue weighted by molar-refractivity contribution is -0.253. The molecule has 4 aromatic rings. The fourth-order valence-corrected chi connectivity index (χ4v) is 6.71. The number of piperazine rings is 1. The van der Waals surface area contributed by atoms with E-state index in [0.29, 0.717) is 13.0 Å². The molecule has 1 amide bonds. The zero-order valence-corrected chi connectivity index (χ0v) is 28.5. The van der Waals surface area contributed by atoms with Gasteiger partial charge in [0.2, 0.25) is 5.91 Å². The van der Waals surface area contributed by atoms with Gasteiger partial charge in [0.1, 0.15) is 0 Å². The molecule has 0 saturated carbocycles. The molecule has 4 aromatic carbocycles. The highest BCUT2D eigenvalue weighted by Gasteiger charge is 2.34. The predicted molar refractivity (Wildman–Crippen MR) is 192 cm³/mol. The highest BCUT2D eigenvalue weighted by molar-refractivity contribution is 5.76. The number of nitrogens with one attached hydrogen (secondary N) is 1. The van der Waals surface area contributed by atoms with Crippen LogP contribution < -0.4 is 5.32 Å². The molecule has 3 atom stereocenters. The Balaban J connectivity index is 1.13. The first-order valence-corrected chi connectivity index (χ1v) is 17.6. The maximum Gasteiger partial charge on any atom is 0.303 e. The second kappa shape index (κ2) is 17.5. The number of carboxylic acid groups (broad SMARTS) is 1. The summed E-state index contributed by atoms with van der Waals surface area (Å²) in [6.45, 7) is 6.18. The van der Waals surface area contributed by atoms with Crippen LogP contribution in [0.15, 0.2) is 103 Å². The van der Waals surface area contributed by atoms with Gasteiger partial charge in [0, 0.05) is 70.6 Å². The van der Waals surface area contributed by atoms with Gasteiger partial charge in [-0.25, -0.2) is 0 Å². The second-order valence-corrected chi connectivity index (χ2v) is 13.3. The normalized spacial score (nSPS) is 20.0. The molecule has 3 unspecified atom stereocenters. The second-order valence-electron chi connectivity index (χ2n) is 13.3. The Morgan fingerprint density at radius 2 is 1.42 bits per heavy atom. The fourth-order valence-electron chi connectivity index (χ4n) is 6.71. The monoisotopic (exact) mass is 677 g/mol. The van der Waals surface area contributed by atoms with Gasteiger partial charge in [-0.05, 0) is 51.9 Å². The van der Waals surface area contributed by atoms with E-state index in [4.69, 9.17) is 14.6 Å².